The summed E-state index contributed by atoms with van der Waals surface area (Å²) < 4.78 is 2.29. The third-order valence-corrected chi connectivity index (χ3v) is 6.15. The summed E-state index contributed by atoms with van der Waals surface area (Å²) in [5.74, 6) is 1.25. The Labute approximate surface area is 183 Å². The Balaban J connectivity index is 1.52. The Hall–Kier alpha value is -3.40. The van der Waals surface area contributed by atoms with Gasteiger partial charge in [0.15, 0.2) is 0 Å². The zero-order valence-electron chi connectivity index (χ0n) is 18.3. The van der Waals surface area contributed by atoms with E-state index in [1.165, 1.54) is 22.3 Å². The first-order valence-electron chi connectivity index (χ1n) is 10.9. The SMILES string of the molecule is Cc1ccc(Cn2c([C@@H]3CC(=O)N(c4cc(C)cc(C)c4)C3)nc3ccccc32)cc1. The average molecular weight is 410 g/mol. The molecule has 0 spiro atoms. The summed E-state index contributed by atoms with van der Waals surface area (Å²) in [7, 11) is 0. The van der Waals surface area contributed by atoms with Crippen LogP contribution >= 0.6 is 0 Å². The normalized spacial score (nSPS) is 16.4. The molecule has 1 amide bonds. The number of nitrogens with zero attached hydrogens (tertiary/aromatic N) is 3. The molecule has 1 saturated heterocycles. The van der Waals surface area contributed by atoms with Crippen molar-refractivity contribution in [2.24, 2.45) is 0 Å². The van der Waals surface area contributed by atoms with Gasteiger partial charge in [-0.25, -0.2) is 4.98 Å². The fourth-order valence-electron chi connectivity index (χ4n) is 4.68. The third-order valence-electron chi connectivity index (χ3n) is 6.15. The van der Waals surface area contributed by atoms with Crippen LogP contribution in [-0.4, -0.2) is 22.0 Å². The van der Waals surface area contributed by atoms with Gasteiger partial charge in [0.2, 0.25) is 5.91 Å². The molecule has 1 atom stereocenters. The van der Waals surface area contributed by atoms with E-state index in [1.807, 2.05) is 11.0 Å². The zero-order valence-corrected chi connectivity index (χ0v) is 18.3. The molecule has 1 aromatic heterocycles. The van der Waals surface area contributed by atoms with Gasteiger partial charge in [0, 0.05) is 31.1 Å². The van der Waals surface area contributed by atoms with Gasteiger partial charge in [0.05, 0.1) is 11.0 Å². The number of hydrogen-bond donors (Lipinski definition) is 0. The highest BCUT2D eigenvalue weighted by molar-refractivity contribution is 5.96. The number of aromatic nitrogens is 2. The second-order valence-electron chi connectivity index (χ2n) is 8.78. The quantitative estimate of drug-likeness (QED) is 0.444. The first-order chi connectivity index (χ1) is 15.0. The molecule has 31 heavy (non-hydrogen) atoms. The molecule has 4 aromatic rings. The molecular weight excluding hydrogens is 382 g/mol. The van der Waals surface area contributed by atoms with Gasteiger partial charge in [-0.15, -0.1) is 0 Å². The monoisotopic (exact) mass is 409 g/mol. The van der Waals surface area contributed by atoms with Crippen LogP contribution in [0.25, 0.3) is 11.0 Å². The minimum Gasteiger partial charge on any atom is -0.323 e. The van der Waals surface area contributed by atoms with Gasteiger partial charge in [-0.1, -0.05) is 48.0 Å². The number of carbonyl (C=O) groups excluding carboxylic acids is 1. The molecule has 1 aliphatic rings. The number of benzene rings is 3. The van der Waals surface area contributed by atoms with Crippen molar-refractivity contribution in [3.05, 3.63) is 94.8 Å². The lowest BCUT2D eigenvalue weighted by molar-refractivity contribution is -0.117. The van der Waals surface area contributed by atoms with Crippen LogP contribution in [0.15, 0.2) is 66.7 Å². The van der Waals surface area contributed by atoms with Crippen molar-refractivity contribution in [2.75, 3.05) is 11.4 Å². The van der Waals surface area contributed by atoms with E-state index >= 15 is 0 Å². The van der Waals surface area contributed by atoms with E-state index in [2.05, 4.69) is 86.0 Å². The lowest BCUT2D eigenvalue weighted by Crippen LogP contribution is -2.24. The fraction of sp³-hybridized carbons (Fsp3) is 0.259. The van der Waals surface area contributed by atoms with Gasteiger partial charge in [-0.3, -0.25) is 4.79 Å². The van der Waals surface area contributed by atoms with E-state index in [0.29, 0.717) is 13.0 Å². The lowest BCUT2D eigenvalue weighted by atomic mass is 10.1. The Bertz CT molecular complexity index is 1250. The van der Waals surface area contributed by atoms with E-state index in [1.54, 1.807) is 0 Å². The van der Waals surface area contributed by atoms with Gasteiger partial charge < -0.3 is 9.47 Å². The van der Waals surface area contributed by atoms with Gasteiger partial charge >= 0.3 is 0 Å². The largest absolute Gasteiger partial charge is 0.323 e. The summed E-state index contributed by atoms with van der Waals surface area (Å²) in [6.45, 7) is 7.68. The molecule has 0 N–H and O–H groups in total. The molecule has 0 radical (unpaired) electrons. The van der Waals surface area contributed by atoms with Crippen LogP contribution in [0.5, 0.6) is 0 Å². The summed E-state index contributed by atoms with van der Waals surface area (Å²) in [6, 6.07) is 23.3. The maximum atomic E-state index is 13.0. The van der Waals surface area contributed by atoms with Crippen LogP contribution in [0.2, 0.25) is 0 Å². The first kappa shape index (κ1) is 19.6. The highest BCUT2D eigenvalue weighted by Gasteiger charge is 2.35. The van der Waals surface area contributed by atoms with E-state index in [4.69, 9.17) is 4.98 Å². The van der Waals surface area contributed by atoms with Crippen LogP contribution in [0.1, 0.15) is 40.4 Å². The van der Waals surface area contributed by atoms with Crippen LogP contribution in [-0.2, 0) is 11.3 Å². The van der Waals surface area contributed by atoms with Crippen molar-refractivity contribution < 1.29 is 4.79 Å². The third kappa shape index (κ3) is 3.74. The number of carbonyl (C=O) groups is 1. The Kier molecular flexibility index (Phi) is 4.85. The maximum Gasteiger partial charge on any atom is 0.227 e. The second kappa shape index (κ2) is 7.69. The zero-order chi connectivity index (χ0) is 21.5. The summed E-state index contributed by atoms with van der Waals surface area (Å²) in [4.78, 5) is 19.9. The molecule has 1 fully saturated rings. The number of rotatable bonds is 4. The average Bonchev–Trinajstić information content (AvgIpc) is 3.30. The molecular formula is C27H27N3O. The van der Waals surface area contributed by atoms with Gasteiger partial charge in [-0.05, 0) is 61.7 Å². The highest BCUT2D eigenvalue weighted by atomic mass is 16.2. The maximum absolute atomic E-state index is 13.0. The van der Waals surface area contributed by atoms with Crippen molar-refractivity contribution >= 4 is 22.6 Å². The number of anilines is 1. The molecule has 2 heterocycles. The summed E-state index contributed by atoms with van der Waals surface area (Å²) >= 11 is 0. The first-order valence-corrected chi connectivity index (χ1v) is 10.9. The highest BCUT2D eigenvalue weighted by Crippen LogP contribution is 2.34. The molecule has 4 nitrogen and oxygen atoms in total. The molecule has 5 rings (SSSR count). The fourth-order valence-corrected chi connectivity index (χ4v) is 4.68. The van der Waals surface area contributed by atoms with Crippen molar-refractivity contribution in [3.63, 3.8) is 0 Å². The van der Waals surface area contributed by atoms with Gasteiger partial charge in [0.1, 0.15) is 5.82 Å². The number of fused-ring (bicyclic) bond motifs is 1. The Morgan fingerprint density at radius 1 is 0.903 bits per heavy atom. The molecule has 0 aliphatic carbocycles. The number of aryl methyl sites for hydroxylation is 3. The van der Waals surface area contributed by atoms with E-state index < -0.39 is 0 Å². The summed E-state index contributed by atoms with van der Waals surface area (Å²) in [5.41, 5.74) is 7.95. The standard InChI is InChI=1S/C27H27N3O/c1-18-8-10-21(11-9-18)16-30-25-7-5-4-6-24(25)28-27(30)22-15-26(31)29(17-22)23-13-19(2)12-20(3)14-23/h4-14,22H,15-17H2,1-3H3/t22-/m1/s1. The number of hydrogen-bond acceptors (Lipinski definition) is 2. The van der Waals surface area contributed by atoms with Crippen molar-refractivity contribution in [3.8, 4) is 0 Å². The van der Waals surface area contributed by atoms with Crippen LogP contribution < -0.4 is 4.90 Å². The number of para-hydroxylation sites is 2. The summed E-state index contributed by atoms with van der Waals surface area (Å²) in [6.07, 6.45) is 0.490. The summed E-state index contributed by atoms with van der Waals surface area (Å²) in [5, 5.41) is 0. The number of imidazole rings is 1. The Morgan fingerprint density at radius 2 is 1.61 bits per heavy atom. The topological polar surface area (TPSA) is 38.1 Å². The van der Waals surface area contributed by atoms with Crippen molar-refractivity contribution in [2.45, 2.75) is 39.7 Å². The molecule has 0 bridgehead atoms. The van der Waals surface area contributed by atoms with Crippen LogP contribution in [0, 0.1) is 20.8 Å². The minimum absolute atomic E-state index is 0.0752. The molecule has 3 aromatic carbocycles. The van der Waals surface area contributed by atoms with E-state index in [9.17, 15) is 4.79 Å². The van der Waals surface area contributed by atoms with Gasteiger partial charge in [-0.2, -0.15) is 0 Å². The number of amides is 1. The lowest BCUT2D eigenvalue weighted by Gasteiger charge is -2.19. The molecule has 4 heteroatoms. The van der Waals surface area contributed by atoms with Crippen molar-refractivity contribution in [1.29, 1.82) is 0 Å². The molecule has 156 valence electrons. The van der Waals surface area contributed by atoms with E-state index in [-0.39, 0.29) is 11.8 Å². The molecule has 1 aliphatic heterocycles. The second-order valence-corrected chi connectivity index (χ2v) is 8.78. The predicted octanol–water partition coefficient (Wildman–Crippen LogP) is 5.53. The van der Waals surface area contributed by atoms with E-state index in [0.717, 1.165) is 29.1 Å². The molecule has 0 saturated carbocycles. The smallest absolute Gasteiger partial charge is 0.227 e. The van der Waals surface area contributed by atoms with Gasteiger partial charge in [0.25, 0.3) is 0 Å². The van der Waals surface area contributed by atoms with Crippen LogP contribution in [0.4, 0.5) is 5.69 Å². The Morgan fingerprint density at radius 3 is 2.35 bits per heavy atom. The van der Waals surface area contributed by atoms with Crippen LogP contribution in [0.3, 0.4) is 0 Å². The minimum atomic E-state index is 0.0752. The molecule has 0 unspecified atom stereocenters. The predicted molar refractivity (Wildman–Crippen MR) is 126 cm³/mol. The van der Waals surface area contributed by atoms with Crippen molar-refractivity contribution in [1.82, 2.24) is 9.55 Å².